The predicted octanol–water partition coefficient (Wildman–Crippen LogP) is 6.72. The van der Waals surface area contributed by atoms with Crippen LogP contribution in [0.1, 0.15) is 33.4 Å². The SMILES string of the molecule is Cc1cc(C)cc(-c2nc(-c3cc(C)cc(C)c3)nc(-c3cccc(C)c3C)n2)c1. The average molecular weight is 394 g/mol. The maximum Gasteiger partial charge on any atom is 0.164 e. The van der Waals surface area contributed by atoms with Crippen LogP contribution < -0.4 is 0 Å². The summed E-state index contributed by atoms with van der Waals surface area (Å²) in [7, 11) is 0. The lowest BCUT2D eigenvalue weighted by Gasteiger charge is -2.12. The van der Waals surface area contributed by atoms with E-state index in [0.717, 1.165) is 22.5 Å². The second-order valence-corrected chi connectivity index (χ2v) is 8.31. The average Bonchev–Trinajstić information content (AvgIpc) is 2.68. The van der Waals surface area contributed by atoms with Gasteiger partial charge in [-0.2, -0.15) is 0 Å². The molecule has 0 spiro atoms. The molecule has 0 aliphatic heterocycles. The molecule has 0 atom stereocenters. The van der Waals surface area contributed by atoms with Crippen LogP contribution in [0.3, 0.4) is 0 Å². The first-order chi connectivity index (χ1) is 14.3. The van der Waals surface area contributed by atoms with Gasteiger partial charge in [0, 0.05) is 16.7 Å². The largest absolute Gasteiger partial charge is 0.208 e. The number of rotatable bonds is 3. The summed E-state index contributed by atoms with van der Waals surface area (Å²) in [6.45, 7) is 12.7. The Morgan fingerprint density at radius 2 is 0.933 bits per heavy atom. The second kappa shape index (κ2) is 7.83. The van der Waals surface area contributed by atoms with Crippen LogP contribution in [-0.2, 0) is 0 Å². The van der Waals surface area contributed by atoms with Gasteiger partial charge in [0.1, 0.15) is 0 Å². The smallest absolute Gasteiger partial charge is 0.164 e. The molecule has 0 unspecified atom stereocenters. The molecule has 0 bridgehead atoms. The summed E-state index contributed by atoms with van der Waals surface area (Å²) in [5, 5.41) is 0. The molecule has 0 N–H and O–H groups in total. The summed E-state index contributed by atoms with van der Waals surface area (Å²) in [5.74, 6) is 2.14. The van der Waals surface area contributed by atoms with Crippen molar-refractivity contribution in [3.05, 3.63) is 88.0 Å². The summed E-state index contributed by atoms with van der Waals surface area (Å²) < 4.78 is 0. The first-order valence-electron chi connectivity index (χ1n) is 10.3. The molecule has 0 aliphatic rings. The Kier molecular flexibility index (Phi) is 5.21. The minimum atomic E-state index is 0.710. The first kappa shape index (κ1) is 20.0. The lowest BCUT2D eigenvalue weighted by atomic mass is 10.0. The van der Waals surface area contributed by atoms with E-state index in [0.29, 0.717) is 11.6 Å². The molecule has 3 nitrogen and oxygen atoms in total. The van der Waals surface area contributed by atoms with Crippen molar-refractivity contribution < 1.29 is 0 Å². The minimum absolute atomic E-state index is 0.710. The summed E-state index contributed by atoms with van der Waals surface area (Å²) >= 11 is 0. The normalized spacial score (nSPS) is 11.0. The van der Waals surface area contributed by atoms with Gasteiger partial charge in [0.15, 0.2) is 17.5 Å². The van der Waals surface area contributed by atoms with Crippen molar-refractivity contribution in [2.24, 2.45) is 0 Å². The molecule has 3 aromatic carbocycles. The first-order valence-corrected chi connectivity index (χ1v) is 10.3. The van der Waals surface area contributed by atoms with E-state index in [4.69, 9.17) is 15.0 Å². The van der Waals surface area contributed by atoms with E-state index in [-0.39, 0.29) is 0 Å². The number of benzene rings is 3. The highest BCUT2D eigenvalue weighted by molar-refractivity contribution is 5.69. The lowest BCUT2D eigenvalue weighted by molar-refractivity contribution is 1.07. The molecule has 0 fully saturated rings. The number of hydrogen-bond acceptors (Lipinski definition) is 3. The van der Waals surface area contributed by atoms with E-state index in [2.05, 4.69) is 96.1 Å². The van der Waals surface area contributed by atoms with E-state index in [1.54, 1.807) is 0 Å². The lowest BCUT2D eigenvalue weighted by Crippen LogP contribution is -2.02. The third kappa shape index (κ3) is 4.02. The van der Waals surface area contributed by atoms with Crippen molar-refractivity contribution in [2.45, 2.75) is 41.5 Å². The fraction of sp³-hybridized carbons (Fsp3) is 0.222. The van der Waals surface area contributed by atoms with Crippen LogP contribution in [0, 0.1) is 41.5 Å². The summed E-state index contributed by atoms with van der Waals surface area (Å²) in [4.78, 5) is 14.7. The highest BCUT2D eigenvalue weighted by Crippen LogP contribution is 2.29. The summed E-state index contributed by atoms with van der Waals surface area (Å²) in [5.41, 5.74) is 10.3. The van der Waals surface area contributed by atoms with Crippen molar-refractivity contribution >= 4 is 0 Å². The third-order valence-corrected chi connectivity index (χ3v) is 5.44. The van der Waals surface area contributed by atoms with Gasteiger partial charge in [0.05, 0.1) is 0 Å². The Balaban J connectivity index is 2.00. The zero-order chi connectivity index (χ0) is 21.4. The molecule has 150 valence electrons. The van der Waals surface area contributed by atoms with Crippen molar-refractivity contribution in [1.82, 2.24) is 15.0 Å². The molecule has 1 heterocycles. The monoisotopic (exact) mass is 393 g/mol. The molecule has 30 heavy (non-hydrogen) atoms. The zero-order valence-corrected chi connectivity index (χ0v) is 18.5. The molecular formula is C27H27N3. The van der Waals surface area contributed by atoms with Gasteiger partial charge < -0.3 is 0 Å². The molecule has 0 amide bonds. The second-order valence-electron chi connectivity index (χ2n) is 8.31. The predicted molar refractivity (Wildman–Crippen MR) is 125 cm³/mol. The third-order valence-electron chi connectivity index (χ3n) is 5.44. The van der Waals surface area contributed by atoms with Crippen LogP contribution in [0.15, 0.2) is 54.6 Å². The molecule has 1 aromatic heterocycles. The van der Waals surface area contributed by atoms with Crippen molar-refractivity contribution in [3.63, 3.8) is 0 Å². The van der Waals surface area contributed by atoms with E-state index in [1.165, 1.54) is 33.4 Å². The minimum Gasteiger partial charge on any atom is -0.208 e. The highest BCUT2D eigenvalue weighted by Gasteiger charge is 2.15. The van der Waals surface area contributed by atoms with Crippen molar-refractivity contribution in [2.75, 3.05) is 0 Å². The van der Waals surface area contributed by atoms with Crippen molar-refractivity contribution in [3.8, 4) is 34.2 Å². The van der Waals surface area contributed by atoms with Crippen LogP contribution in [0.2, 0.25) is 0 Å². The number of aromatic nitrogens is 3. The molecule has 0 saturated carbocycles. The van der Waals surface area contributed by atoms with Crippen LogP contribution in [0.25, 0.3) is 34.2 Å². The van der Waals surface area contributed by atoms with E-state index >= 15 is 0 Å². The number of nitrogens with zero attached hydrogens (tertiary/aromatic N) is 3. The van der Waals surface area contributed by atoms with Gasteiger partial charge in [-0.05, 0) is 76.9 Å². The Morgan fingerprint density at radius 1 is 0.500 bits per heavy atom. The maximum atomic E-state index is 4.91. The van der Waals surface area contributed by atoms with E-state index < -0.39 is 0 Å². The molecular weight excluding hydrogens is 366 g/mol. The van der Waals surface area contributed by atoms with E-state index in [1.807, 2.05) is 0 Å². The van der Waals surface area contributed by atoms with Crippen LogP contribution >= 0.6 is 0 Å². The van der Waals surface area contributed by atoms with Gasteiger partial charge in [-0.3, -0.25) is 0 Å². The molecule has 4 aromatic rings. The Labute approximate surface area is 178 Å². The van der Waals surface area contributed by atoms with Gasteiger partial charge in [0.25, 0.3) is 0 Å². The molecule has 0 aliphatic carbocycles. The Bertz CT molecular complexity index is 1140. The van der Waals surface area contributed by atoms with Gasteiger partial charge in [-0.25, -0.2) is 15.0 Å². The molecule has 0 saturated heterocycles. The van der Waals surface area contributed by atoms with Gasteiger partial charge in [0.2, 0.25) is 0 Å². The fourth-order valence-corrected chi connectivity index (χ4v) is 3.96. The molecule has 4 rings (SSSR count). The number of hydrogen-bond donors (Lipinski definition) is 0. The van der Waals surface area contributed by atoms with Gasteiger partial charge in [-0.1, -0.05) is 52.6 Å². The van der Waals surface area contributed by atoms with Crippen LogP contribution in [0.5, 0.6) is 0 Å². The van der Waals surface area contributed by atoms with Crippen LogP contribution in [0.4, 0.5) is 0 Å². The fourth-order valence-electron chi connectivity index (χ4n) is 3.96. The summed E-state index contributed by atoms with van der Waals surface area (Å²) in [6.07, 6.45) is 0. The standard InChI is InChI=1S/C27H27N3/c1-16-10-17(2)13-22(12-16)25-28-26(23-14-18(3)11-19(4)15-23)30-27(29-25)24-9-7-8-20(5)21(24)6/h7-15H,1-6H3. The van der Waals surface area contributed by atoms with Gasteiger partial charge >= 0.3 is 0 Å². The summed E-state index contributed by atoms with van der Waals surface area (Å²) in [6, 6.07) is 19.2. The number of aryl methyl sites for hydroxylation is 5. The topological polar surface area (TPSA) is 38.7 Å². The molecule has 0 radical (unpaired) electrons. The van der Waals surface area contributed by atoms with Crippen LogP contribution in [-0.4, -0.2) is 15.0 Å². The molecule has 3 heteroatoms. The van der Waals surface area contributed by atoms with E-state index in [9.17, 15) is 0 Å². The zero-order valence-electron chi connectivity index (χ0n) is 18.5. The van der Waals surface area contributed by atoms with Crippen molar-refractivity contribution in [1.29, 1.82) is 0 Å². The Hall–Kier alpha value is -3.33. The maximum absolute atomic E-state index is 4.91. The van der Waals surface area contributed by atoms with Gasteiger partial charge in [-0.15, -0.1) is 0 Å². The Morgan fingerprint density at radius 3 is 1.40 bits per heavy atom. The highest BCUT2D eigenvalue weighted by atomic mass is 15.0. The quantitative estimate of drug-likeness (QED) is 0.388.